The molecule has 2 rings (SSSR count). The molecule has 0 aliphatic rings. The van der Waals surface area contributed by atoms with E-state index in [9.17, 15) is 9.59 Å². The molecule has 0 fully saturated rings. The van der Waals surface area contributed by atoms with Gasteiger partial charge in [0.15, 0.2) is 0 Å². The van der Waals surface area contributed by atoms with E-state index >= 15 is 0 Å². The average Bonchev–Trinajstić information content (AvgIpc) is 2.91. The zero-order valence-electron chi connectivity index (χ0n) is 23.3. The monoisotopic (exact) mass is 524 g/mol. The smallest absolute Gasteiger partial charge is 0.334 e. The predicted octanol–water partition coefficient (Wildman–Crippen LogP) is 5.81. The summed E-state index contributed by atoms with van der Waals surface area (Å²) in [5.41, 5.74) is 0.162. The lowest BCUT2D eigenvalue weighted by atomic mass is 9.93. The first kappa shape index (κ1) is 30.5. The highest BCUT2D eigenvalue weighted by Crippen LogP contribution is 2.36. The summed E-state index contributed by atoms with van der Waals surface area (Å²) in [5, 5.41) is 2.60. The predicted molar refractivity (Wildman–Crippen MR) is 153 cm³/mol. The molecule has 0 spiro atoms. The van der Waals surface area contributed by atoms with E-state index in [1.54, 1.807) is 0 Å². The summed E-state index contributed by atoms with van der Waals surface area (Å²) in [6, 6.07) is 21.5. The van der Waals surface area contributed by atoms with Gasteiger partial charge in [-0.15, -0.1) is 0 Å². The number of carbonyl (C=O) groups is 2. The molecule has 5 nitrogen and oxygen atoms in total. The van der Waals surface area contributed by atoms with Crippen molar-refractivity contribution in [2.75, 3.05) is 20.8 Å². The van der Waals surface area contributed by atoms with Gasteiger partial charge in [0.25, 0.3) is 8.32 Å². The van der Waals surface area contributed by atoms with Crippen LogP contribution in [-0.4, -0.2) is 41.1 Å². The van der Waals surface area contributed by atoms with Crippen molar-refractivity contribution in [3.8, 4) is 0 Å². The molecule has 37 heavy (non-hydrogen) atoms. The van der Waals surface area contributed by atoms with E-state index in [1.807, 2.05) is 0 Å². The first-order valence-corrected chi connectivity index (χ1v) is 15.2. The van der Waals surface area contributed by atoms with E-state index in [2.05, 4.69) is 88.0 Å². The number of benzene rings is 2. The highest BCUT2D eigenvalue weighted by molar-refractivity contribution is 6.99. The Hall–Kier alpha value is -2.70. The van der Waals surface area contributed by atoms with Crippen LogP contribution in [0.2, 0.25) is 5.04 Å². The largest absolute Gasteiger partial charge is 0.469 e. The van der Waals surface area contributed by atoms with Gasteiger partial charge < -0.3 is 13.9 Å². The minimum absolute atomic E-state index is 0.0138. The van der Waals surface area contributed by atoms with E-state index in [-0.39, 0.29) is 10.6 Å². The third-order valence-corrected chi connectivity index (χ3v) is 12.0. The summed E-state index contributed by atoms with van der Waals surface area (Å²) in [6.07, 6.45) is 6.62. The minimum Gasteiger partial charge on any atom is -0.469 e. The molecular formula is C31H44O5Si. The number of hydrogen-bond donors (Lipinski definition) is 0. The van der Waals surface area contributed by atoms with Crippen LogP contribution in [0.4, 0.5) is 0 Å². The molecule has 0 amide bonds. The number of unbranched alkanes of at least 4 members (excludes halogenated alkanes) is 5. The molecule has 0 radical (unpaired) electrons. The van der Waals surface area contributed by atoms with Gasteiger partial charge in [-0.05, 0) is 28.3 Å². The molecule has 0 saturated carbocycles. The molecule has 6 heteroatoms. The number of methoxy groups -OCH3 is 2. The number of carbonyl (C=O) groups excluding carboxylic acids is 2. The molecule has 0 aliphatic carbocycles. The van der Waals surface area contributed by atoms with E-state index in [0.29, 0.717) is 6.42 Å². The molecule has 0 saturated heterocycles. The van der Waals surface area contributed by atoms with E-state index in [0.717, 1.165) is 45.1 Å². The standard InChI is InChI=1S/C31H44O5Si/c1-25(29(32)34-5)28(30(33)35-6)23-17-9-7-8-10-18-24-36-37(31(2,3)4,26-19-13-11-14-20-26)27-21-15-12-16-22-27/h11-16,19-22,28H,1,7-10,17-18,23-24H2,2-6H3. The van der Waals surface area contributed by atoms with Crippen molar-refractivity contribution in [3.05, 3.63) is 72.8 Å². The Morgan fingerprint density at radius 2 is 1.27 bits per heavy atom. The van der Waals surface area contributed by atoms with Gasteiger partial charge in [-0.3, -0.25) is 4.79 Å². The van der Waals surface area contributed by atoms with Crippen LogP contribution in [0.1, 0.15) is 65.7 Å². The Labute approximate surface area is 224 Å². The normalized spacial score (nSPS) is 12.6. The van der Waals surface area contributed by atoms with Crippen LogP contribution >= 0.6 is 0 Å². The van der Waals surface area contributed by atoms with Gasteiger partial charge in [0, 0.05) is 12.2 Å². The zero-order valence-corrected chi connectivity index (χ0v) is 24.3. The second-order valence-corrected chi connectivity index (χ2v) is 14.8. The second kappa shape index (κ2) is 14.9. The molecule has 0 N–H and O–H groups in total. The molecule has 2 aromatic rings. The maximum Gasteiger partial charge on any atom is 0.334 e. The van der Waals surface area contributed by atoms with Crippen LogP contribution in [0, 0.1) is 5.92 Å². The average molecular weight is 525 g/mol. The number of ether oxygens (including phenoxy) is 2. The fraction of sp³-hybridized carbons (Fsp3) is 0.484. The van der Waals surface area contributed by atoms with Crippen LogP contribution < -0.4 is 10.4 Å². The van der Waals surface area contributed by atoms with Crippen molar-refractivity contribution in [2.24, 2.45) is 5.92 Å². The summed E-state index contributed by atoms with van der Waals surface area (Å²) in [4.78, 5) is 23.9. The summed E-state index contributed by atoms with van der Waals surface area (Å²) in [7, 11) is 0.148. The van der Waals surface area contributed by atoms with Crippen molar-refractivity contribution < 1.29 is 23.5 Å². The lowest BCUT2D eigenvalue weighted by molar-refractivity contribution is -0.147. The first-order valence-electron chi connectivity index (χ1n) is 13.3. The Kier molecular flexibility index (Phi) is 12.3. The molecule has 202 valence electrons. The first-order chi connectivity index (χ1) is 17.7. The van der Waals surface area contributed by atoms with Gasteiger partial charge >= 0.3 is 11.9 Å². The SMILES string of the molecule is C=C(C(=O)OC)C(CCCCCCCCO[Si](c1ccccc1)(c1ccccc1)C(C)(C)C)C(=O)OC. The number of rotatable bonds is 15. The van der Waals surface area contributed by atoms with Crippen molar-refractivity contribution >= 4 is 30.6 Å². The van der Waals surface area contributed by atoms with Gasteiger partial charge in [0.05, 0.1) is 20.1 Å². The fourth-order valence-corrected chi connectivity index (χ4v) is 9.60. The lowest BCUT2D eigenvalue weighted by Crippen LogP contribution is -2.66. The highest BCUT2D eigenvalue weighted by Gasteiger charge is 2.49. The van der Waals surface area contributed by atoms with Crippen LogP contribution in [0.25, 0.3) is 0 Å². The maximum absolute atomic E-state index is 12.1. The van der Waals surface area contributed by atoms with Gasteiger partial charge in [0.2, 0.25) is 0 Å². The molecular weight excluding hydrogens is 480 g/mol. The molecule has 1 unspecified atom stereocenters. The number of esters is 2. The van der Waals surface area contributed by atoms with E-state index < -0.39 is 26.2 Å². The quantitative estimate of drug-likeness (QED) is 0.127. The van der Waals surface area contributed by atoms with Crippen LogP contribution in [0.15, 0.2) is 72.8 Å². The Morgan fingerprint density at radius 1 is 0.784 bits per heavy atom. The number of hydrogen-bond acceptors (Lipinski definition) is 5. The molecule has 0 heterocycles. The van der Waals surface area contributed by atoms with E-state index in [1.165, 1.54) is 24.6 Å². The fourth-order valence-electron chi connectivity index (χ4n) is 4.99. The summed E-state index contributed by atoms with van der Waals surface area (Å²) >= 11 is 0. The Bertz CT molecular complexity index is 942. The topological polar surface area (TPSA) is 61.8 Å². The summed E-state index contributed by atoms with van der Waals surface area (Å²) in [6.45, 7) is 11.4. The van der Waals surface area contributed by atoms with Gasteiger partial charge in [0.1, 0.15) is 0 Å². The van der Waals surface area contributed by atoms with Crippen LogP contribution in [0.5, 0.6) is 0 Å². The summed E-state index contributed by atoms with van der Waals surface area (Å²) in [5.74, 6) is -1.63. The highest BCUT2D eigenvalue weighted by atomic mass is 28.4. The minimum atomic E-state index is -2.47. The molecule has 1 atom stereocenters. The third-order valence-electron chi connectivity index (χ3n) is 6.98. The molecule has 2 aromatic carbocycles. The zero-order chi connectivity index (χ0) is 27.3. The lowest BCUT2D eigenvalue weighted by Gasteiger charge is -2.43. The van der Waals surface area contributed by atoms with E-state index in [4.69, 9.17) is 13.9 Å². The molecule has 0 aliphatic heterocycles. The summed E-state index contributed by atoms with van der Waals surface area (Å²) < 4.78 is 16.5. The van der Waals surface area contributed by atoms with Crippen molar-refractivity contribution in [1.29, 1.82) is 0 Å². The molecule has 0 aromatic heterocycles. The van der Waals surface area contributed by atoms with Crippen LogP contribution in [0.3, 0.4) is 0 Å². The molecule has 0 bridgehead atoms. The Balaban J connectivity index is 1.88. The third kappa shape index (κ3) is 8.14. The van der Waals surface area contributed by atoms with Gasteiger partial charge in [-0.25, -0.2) is 4.79 Å². The van der Waals surface area contributed by atoms with Gasteiger partial charge in [-0.2, -0.15) is 0 Å². The van der Waals surface area contributed by atoms with Crippen molar-refractivity contribution in [3.63, 3.8) is 0 Å². The van der Waals surface area contributed by atoms with Crippen molar-refractivity contribution in [1.82, 2.24) is 0 Å². The van der Waals surface area contributed by atoms with Crippen molar-refractivity contribution in [2.45, 2.75) is 70.8 Å². The van der Waals surface area contributed by atoms with Crippen LogP contribution in [-0.2, 0) is 23.5 Å². The Morgan fingerprint density at radius 3 is 1.73 bits per heavy atom. The second-order valence-electron chi connectivity index (χ2n) is 10.5. The maximum atomic E-state index is 12.1. The van der Waals surface area contributed by atoms with Gasteiger partial charge in [-0.1, -0.05) is 120 Å².